The standard InChI is InChI=1S/C5H3FO3.Li.H/c1-3(6)4-2-8-5(7)9-4;;/h2H,1H2;;. The van der Waals surface area contributed by atoms with Gasteiger partial charge in [-0.05, 0) is 0 Å². The number of hydrogen-bond donors (Lipinski definition) is 0. The Morgan fingerprint density at radius 1 is 1.70 bits per heavy atom. The molecule has 0 radical (unpaired) electrons. The van der Waals surface area contributed by atoms with Crippen molar-refractivity contribution in [2.75, 3.05) is 0 Å². The summed E-state index contributed by atoms with van der Waals surface area (Å²) in [6, 6.07) is 0. The Morgan fingerprint density at radius 3 is 2.50 bits per heavy atom. The predicted molar refractivity (Wildman–Crippen MR) is 34.5 cm³/mol. The van der Waals surface area contributed by atoms with Crippen LogP contribution < -0.4 is 5.82 Å². The maximum atomic E-state index is 12.0. The summed E-state index contributed by atoms with van der Waals surface area (Å²) in [6.07, 6.45) is 0.866. The van der Waals surface area contributed by atoms with Crippen LogP contribution in [0.2, 0.25) is 0 Å². The van der Waals surface area contributed by atoms with E-state index in [1.165, 1.54) is 0 Å². The van der Waals surface area contributed by atoms with E-state index < -0.39 is 11.6 Å². The zero-order valence-corrected chi connectivity index (χ0v) is 4.39. The second-order valence-corrected chi connectivity index (χ2v) is 1.36. The summed E-state index contributed by atoms with van der Waals surface area (Å²) in [7, 11) is 0. The van der Waals surface area contributed by atoms with Crippen LogP contribution in [0.15, 0.2) is 26.5 Å². The van der Waals surface area contributed by atoms with Crippen molar-refractivity contribution in [2.24, 2.45) is 0 Å². The summed E-state index contributed by atoms with van der Waals surface area (Å²) in [4.78, 5) is 10.1. The predicted octanol–water partition coefficient (Wildman–Crippen LogP) is 0.524. The molecule has 1 aromatic heterocycles. The molecule has 0 amide bonds. The Hall–Kier alpha value is -0.723. The minimum absolute atomic E-state index is 0. The third-order valence-corrected chi connectivity index (χ3v) is 0.723. The molecule has 0 aliphatic rings. The Balaban J connectivity index is 0.000000810. The fraction of sp³-hybridized carbons (Fsp3) is 0. The number of halogens is 1. The van der Waals surface area contributed by atoms with Crippen molar-refractivity contribution in [2.45, 2.75) is 0 Å². The van der Waals surface area contributed by atoms with Gasteiger partial charge in [-0.3, -0.25) is 0 Å². The van der Waals surface area contributed by atoms with Gasteiger partial charge >= 0.3 is 24.7 Å². The van der Waals surface area contributed by atoms with Crippen molar-refractivity contribution in [3.05, 3.63) is 29.2 Å². The fourth-order valence-electron chi connectivity index (χ4n) is 0.359. The van der Waals surface area contributed by atoms with Gasteiger partial charge in [-0.2, -0.15) is 0 Å². The summed E-state index contributed by atoms with van der Waals surface area (Å²) in [5, 5.41) is 0. The summed E-state index contributed by atoms with van der Waals surface area (Å²) in [6.45, 7) is 2.88. The monoisotopic (exact) mass is 138 g/mol. The van der Waals surface area contributed by atoms with Crippen molar-refractivity contribution in [1.82, 2.24) is 0 Å². The van der Waals surface area contributed by atoms with E-state index in [2.05, 4.69) is 15.4 Å². The zero-order valence-electron chi connectivity index (χ0n) is 4.39. The van der Waals surface area contributed by atoms with Crippen molar-refractivity contribution in [3.8, 4) is 0 Å². The van der Waals surface area contributed by atoms with E-state index >= 15 is 0 Å². The molecule has 0 N–H and O–H groups in total. The molecule has 0 bridgehead atoms. The van der Waals surface area contributed by atoms with E-state index in [1.807, 2.05) is 0 Å². The third kappa shape index (κ3) is 1.90. The molecule has 0 saturated heterocycles. The molecular formula is C5H4FLiO3. The van der Waals surface area contributed by atoms with Crippen LogP contribution in [0.25, 0.3) is 5.83 Å². The average Bonchev–Trinajstić information content (AvgIpc) is 2.14. The van der Waals surface area contributed by atoms with E-state index in [-0.39, 0.29) is 24.6 Å². The Labute approximate surface area is 67.7 Å². The quantitative estimate of drug-likeness (QED) is 0.531. The Morgan fingerprint density at radius 2 is 2.30 bits per heavy atom. The van der Waals surface area contributed by atoms with Crippen LogP contribution in [0.1, 0.15) is 5.76 Å². The molecule has 1 heterocycles. The third-order valence-electron chi connectivity index (χ3n) is 0.723. The normalized spacial score (nSPS) is 8.50. The first kappa shape index (κ1) is 9.28. The van der Waals surface area contributed by atoms with Crippen LogP contribution >= 0.6 is 0 Å². The summed E-state index contributed by atoms with van der Waals surface area (Å²) in [5.74, 6) is -2.01. The van der Waals surface area contributed by atoms with Gasteiger partial charge in [-0.15, -0.1) is 0 Å². The van der Waals surface area contributed by atoms with Crippen LogP contribution in [0.3, 0.4) is 0 Å². The summed E-state index contributed by atoms with van der Waals surface area (Å²) in [5.41, 5.74) is 0. The SMILES string of the molecule is C=C(F)c1coc(=O)o1.[LiH]. The molecule has 0 aliphatic carbocycles. The molecule has 0 unspecified atom stereocenters. The molecule has 0 aliphatic heterocycles. The van der Waals surface area contributed by atoms with Gasteiger partial charge in [0.25, 0.3) is 0 Å². The molecule has 1 rings (SSSR count). The maximum absolute atomic E-state index is 12.0. The average molecular weight is 138 g/mol. The van der Waals surface area contributed by atoms with Gasteiger partial charge < -0.3 is 8.83 Å². The molecule has 0 spiro atoms. The summed E-state index contributed by atoms with van der Waals surface area (Å²) < 4.78 is 20.2. The molecular weight excluding hydrogens is 134 g/mol. The van der Waals surface area contributed by atoms with Crippen LogP contribution in [-0.4, -0.2) is 18.9 Å². The molecule has 0 fully saturated rings. The molecule has 5 heteroatoms. The van der Waals surface area contributed by atoms with Gasteiger partial charge in [-0.25, -0.2) is 9.18 Å². The minimum atomic E-state index is -0.927. The van der Waals surface area contributed by atoms with E-state index in [0.717, 1.165) is 6.26 Å². The van der Waals surface area contributed by atoms with Crippen LogP contribution in [0.4, 0.5) is 4.39 Å². The van der Waals surface area contributed by atoms with Gasteiger partial charge in [0.15, 0.2) is 5.83 Å². The van der Waals surface area contributed by atoms with E-state index in [0.29, 0.717) is 0 Å². The van der Waals surface area contributed by atoms with Crippen LogP contribution in [0, 0.1) is 0 Å². The first-order valence-corrected chi connectivity index (χ1v) is 2.13. The molecule has 0 atom stereocenters. The van der Waals surface area contributed by atoms with E-state index in [1.54, 1.807) is 0 Å². The van der Waals surface area contributed by atoms with Gasteiger partial charge in [0.05, 0.1) is 0 Å². The molecule has 0 saturated carbocycles. The molecule has 3 nitrogen and oxygen atoms in total. The van der Waals surface area contributed by atoms with Crippen molar-refractivity contribution < 1.29 is 13.2 Å². The van der Waals surface area contributed by atoms with Crippen LogP contribution in [0.5, 0.6) is 0 Å². The number of rotatable bonds is 1. The van der Waals surface area contributed by atoms with E-state index in [9.17, 15) is 9.18 Å². The molecule has 0 aromatic carbocycles. The first-order valence-electron chi connectivity index (χ1n) is 2.13. The van der Waals surface area contributed by atoms with Crippen molar-refractivity contribution >= 4 is 24.7 Å². The Bertz CT molecular complexity index is 274. The summed E-state index contributed by atoms with van der Waals surface area (Å²) >= 11 is 0. The Kier molecular flexibility index (Phi) is 3.20. The molecule has 50 valence electrons. The first-order chi connectivity index (χ1) is 4.20. The van der Waals surface area contributed by atoms with Gasteiger partial charge in [-0.1, -0.05) is 6.58 Å². The van der Waals surface area contributed by atoms with Crippen molar-refractivity contribution in [1.29, 1.82) is 0 Å². The van der Waals surface area contributed by atoms with Gasteiger partial charge in [0, 0.05) is 0 Å². The van der Waals surface area contributed by atoms with Crippen molar-refractivity contribution in [3.63, 3.8) is 0 Å². The van der Waals surface area contributed by atoms with E-state index in [4.69, 9.17) is 0 Å². The fourth-order valence-corrected chi connectivity index (χ4v) is 0.359. The molecule has 1 aromatic rings. The van der Waals surface area contributed by atoms with Gasteiger partial charge in [0.1, 0.15) is 6.26 Å². The second-order valence-electron chi connectivity index (χ2n) is 1.36. The molecule has 10 heavy (non-hydrogen) atoms. The number of hydrogen-bond acceptors (Lipinski definition) is 3. The van der Waals surface area contributed by atoms with Crippen LogP contribution in [-0.2, 0) is 0 Å². The topological polar surface area (TPSA) is 43.4 Å². The van der Waals surface area contributed by atoms with Gasteiger partial charge in [0.2, 0.25) is 5.76 Å². The second kappa shape index (κ2) is 3.45. The zero-order chi connectivity index (χ0) is 6.85.